The van der Waals surface area contributed by atoms with Crippen LogP contribution in [0.1, 0.15) is 29.4 Å². The van der Waals surface area contributed by atoms with Crippen LogP contribution in [0.5, 0.6) is 0 Å². The van der Waals surface area contributed by atoms with Gasteiger partial charge in [-0.25, -0.2) is 9.48 Å². The molecule has 1 aromatic carbocycles. The molecule has 0 aliphatic rings. The van der Waals surface area contributed by atoms with Crippen LogP contribution in [0.4, 0.5) is 0 Å². The number of benzene rings is 1. The fraction of sp³-hybridized carbons (Fsp3) is 0.250. The fourth-order valence-electron chi connectivity index (χ4n) is 2.42. The first-order valence-corrected chi connectivity index (χ1v) is 7.49. The van der Waals surface area contributed by atoms with E-state index in [1.807, 2.05) is 36.7 Å². The van der Waals surface area contributed by atoms with Crippen molar-refractivity contribution >= 4 is 28.0 Å². The maximum absolute atomic E-state index is 10.7. The highest BCUT2D eigenvalue weighted by atomic mass is 79.9. The maximum atomic E-state index is 10.7. The second-order valence-corrected chi connectivity index (χ2v) is 5.71. The summed E-state index contributed by atoms with van der Waals surface area (Å²) in [5.41, 5.74) is 4.99. The average Bonchev–Trinajstić information content (AvgIpc) is 2.71. The van der Waals surface area contributed by atoms with Gasteiger partial charge < -0.3 is 5.11 Å². The van der Waals surface area contributed by atoms with E-state index in [1.165, 1.54) is 5.56 Å². The van der Waals surface area contributed by atoms with Crippen LogP contribution in [0.2, 0.25) is 0 Å². The zero-order chi connectivity index (χ0) is 15.6. The summed E-state index contributed by atoms with van der Waals surface area (Å²) in [6.07, 6.45) is 3.65. The Bertz CT molecular complexity index is 717. The Kier molecular flexibility index (Phi) is 4.63. The molecule has 0 aliphatic carbocycles. The SMILES string of the molecule is CCc1c(C)nn(-c2cc(Br)ccc2/C=C/C(=O)O)c1C. The summed E-state index contributed by atoms with van der Waals surface area (Å²) in [5.74, 6) is -0.966. The number of aliphatic carboxylic acids is 1. The normalized spacial score (nSPS) is 11.2. The quantitative estimate of drug-likeness (QED) is 0.852. The van der Waals surface area contributed by atoms with E-state index < -0.39 is 5.97 Å². The van der Waals surface area contributed by atoms with Crippen molar-refractivity contribution in [2.24, 2.45) is 0 Å². The summed E-state index contributed by atoms with van der Waals surface area (Å²) in [6, 6.07) is 5.71. The van der Waals surface area contributed by atoms with E-state index in [2.05, 4.69) is 28.0 Å². The number of hydrogen-bond acceptors (Lipinski definition) is 2. The molecule has 0 spiro atoms. The van der Waals surface area contributed by atoms with E-state index in [-0.39, 0.29) is 0 Å². The summed E-state index contributed by atoms with van der Waals surface area (Å²) in [4.78, 5) is 10.7. The molecule has 2 rings (SSSR count). The predicted octanol–water partition coefficient (Wildman–Crippen LogP) is 3.91. The molecule has 4 nitrogen and oxygen atoms in total. The van der Waals surface area contributed by atoms with Gasteiger partial charge in [-0.1, -0.05) is 28.9 Å². The highest BCUT2D eigenvalue weighted by Crippen LogP contribution is 2.25. The van der Waals surface area contributed by atoms with Gasteiger partial charge in [0.1, 0.15) is 0 Å². The lowest BCUT2D eigenvalue weighted by molar-refractivity contribution is -0.131. The second kappa shape index (κ2) is 6.26. The molecule has 21 heavy (non-hydrogen) atoms. The first-order valence-electron chi connectivity index (χ1n) is 6.70. The van der Waals surface area contributed by atoms with E-state index in [1.54, 1.807) is 6.08 Å². The Hall–Kier alpha value is -1.88. The molecule has 1 aromatic heterocycles. The van der Waals surface area contributed by atoms with E-state index in [0.29, 0.717) is 0 Å². The van der Waals surface area contributed by atoms with Gasteiger partial charge in [0.25, 0.3) is 0 Å². The zero-order valence-corrected chi connectivity index (χ0v) is 13.8. The third-order valence-electron chi connectivity index (χ3n) is 3.42. The minimum Gasteiger partial charge on any atom is -0.478 e. The second-order valence-electron chi connectivity index (χ2n) is 4.79. The van der Waals surface area contributed by atoms with Crippen LogP contribution in [0.15, 0.2) is 28.7 Å². The molecule has 0 saturated heterocycles. The molecular formula is C16H17BrN2O2. The van der Waals surface area contributed by atoms with Gasteiger partial charge in [-0.2, -0.15) is 5.10 Å². The molecule has 0 amide bonds. The highest BCUT2D eigenvalue weighted by Gasteiger charge is 2.13. The van der Waals surface area contributed by atoms with Crippen molar-refractivity contribution in [3.63, 3.8) is 0 Å². The van der Waals surface area contributed by atoms with E-state index in [0.717, 1.165) is 39.6 Å². The summed E-state index contributed by atoms with van der Waals surface area (Å²) in [7, 11) is 0. The topological polar surface area (TPSA) is 55.1 Å². The molecule has 0 bridgehead atoms. The lowest BCUT2D eigenvalue weighted by Crippen LogP contribution is -2.02. The van der Waals surface area contributed by atoms with Gasteiger partial charge in [0.2, 0.25) is 0 Å². The Morgan fingerprint density at radius 1 is 1.43 bits per heavy atom. The number of hydrogen-bond donors (Lipinski definition) is 1. The molecule has 0 radical (unpaired) electrons. The smallest absolute Gasteiger partial charge is 0.328 e. The summed E-state index contributed by atoms with van der Waals surface area (Å²) >= 11 is 3.46. The molecule has 0 unspecified atom stereocenters. The van der Waals surface area contributed by atoms with Gasteiger partial charge >= 0.3 is 5.97 Å². The minimum atomic E-state index is -0.966. The molecule has 1 heterocycles. The van der Waals surface area contributed by atoms with E-state index in [4.69, 9.17) is 5.11 Å². The number of rotatable bonds is 4. The highest BCUT2D eigenvalue weighted by molar-refractivity contribution is 9.10. The van der Waals surface area contributed by atoms with Crippen molar-refractivity contribution in [1.29, 1.82) is 0 Å². The van der Waals surface area contributed by atoms with Crippen LogP contribution in [-0.2, 0) is 11.2 Å². The summed E-state index contributed by atoms with van der Waals surface area (Å²) in [5, 5.41) is 13.4. The van der Waals surface area contributed by atoms with Crippen LogP contribution in [0.25, 0.3) is 11.8 Å². The number of carboxylic acid groups (broad SMARTS) is 1. The van der Waals surface area contributed by atoms with Crippen molar-refractivity contribution in [3.05, 3.63) is 51.3 Å². The van der Waals surface area contributed by atoms with Gasteiger partial charge in [0.15, 0.2) is 0 Å². The lowest BCUT2D eigenvalue weighted by atomic mass is 10.1. The van der Waals surface area contributed by atoms with Crippen molar-refractivity contribution in [3.8, 4) is 5.69 Å². The molecule has 0 fully saturated rings. The minimum absolute atomic E-state index is 0.814. The fourth-order valence-corrected chi connectivity index (χ4v) is 2.77. The number of aromatic nitrogens is 2. The third-order valence-corrected chi connectivity index (χ3v) is 3.91. The molecule has 0 atom stereocenters. The summed E-state index contributed by atoms with van der Waals surface area (Å²) in [6.45, 7) is 6.13. The maximum Gasteiger partial charge on any atom is 0.328 e. The third kappa shape index (κ3) is 3.24. The Morgan fingerprint density at radius 3 is 2.71 bits per heavy atom. The molecule has 0 aliphatic heterocycles. The standard InChI is InChI=1S/C16H17BrN2O2/c1-4-14-10(2)18-19(11(14)3)15-9-13(17)7-5-12(15)6-8-16(20)21/h5-9H,4H2,1-3H3,(H,20,21)/b8-6+. The van der Waals surface area contributed by atoms with Gasteiger partial charge in [-0.3, -0.25) is 0 Å². The molecule has 2 aromatic rings. The Balaban J connectivity index is 2.62. The molecule has 110 valence electrons. The zero-order valence-electron chi connectivity index (χ0n) is 12.2. The van der Waals surface area contributed by atoms with Gasteiger partial charge in [0.05, 0.1) is 11.4 Å². The average molecular weight is 349 g/mol. The Morgan fingerprint density at radius 2 is 2.14 bits per heavy atom. The molecule has 1 N–H and O–H groups in total. The number of carbonyl (C=O) groups is 1. The number of aryl methyl sites for hydroxylation is 1. The molecule has 5 heteroatoms. The van der Waals surface area contributed by atoms with Crippen LogP contribution >= 0.6 is 15.9 Å². The van der Waals surface area contributed by atoms with Crippen molar-refractivity contribution in [2.45, 2.75) is 27.2 Å². The van der Waals surface area contributed by atoms with Crippen LogP contribution in [0, 0.1) is 13.8 Å². The summed E-state index contributed by atoms with van der Waals surface area (Å²) < 4.78 is 2.80. The van der Waals surface area contributed by atoms with E-state index >= 15 is 0 Å². The first kappa shape index (κ1) is 15.5. The monoisotopic (exact) mass is 348 g/mol. The lowest BCUT2D eigenvalue weighted by Gasteiger charge is -2.09. The van der Waals surface area contributed by atoms with Crippen LogP contribution in [0.3, 0.4) is 0 Å². The first-order chi connectivity index (χ1) is 9.93. The van der Waals surface area contributed by atoms with Crippen LogP contribution < -0.4 is 0 Å². The number of halogens is 1. The van der Waals surface area contributed by atoms with Crippen molar-refractivity contribution < 1.29 is 9.90 Å². The predicted molar refractivity (Wildman–Crippen MR) is 86.8 cm³/mol. The Labute approximate surface area is 132 Å². The van der Waals surface area contributed by atoms with Crippen molar-refractivity contribution in [2.75, 3.05) is 0 Å². The van der Waals surface area contributed by atoms with Gasteiger partial charge in [0, 0.05) is 21.8 Å². The molecule has 0 saturated carbocycles. The van der Waals surface area contributed by atoms with Crippen LogP contribution in [-0.4, -0.2) is 20.9 Å². The van der Waals surface area contributed by atoms with Gasteiger partial charge in [-0.05, 0) is 44.0 Å². The number of nitrogens with zero attached hydrogens (tertiary/aromatic N) is 2. The largest absolute Gasteiger partial charge is 0.478 e. The molecular weight excluding hydrogens is 332 g/mol. The van der Waals surface area contributed by atoms with Crippen molar-refractivity contribution in [1.82, 2.24) is 9.78 Å². The van der Waals surface area contributed by atoms with E-state index in [9.17, 15) is 4.79 Å². The number of carboxylic acids is 1. The van der Waals surface area contributed by atoms with Gasteiger partial charge in [-0.15, -0.1) is 0 Å².